The van der Waals surface area contributed by atoms with Crippen molar-refractivity contribution in [3.8, 4) is 0 Å². The zero-order valence-corrected chi connectivity index (χ0v) is 14.8. The van der Waals surface area contributed by atoms with Crippen molar-refractivity contribution in [3.05, 3.63) is 41.1 Å². The molecule has 2 saturated heterocycles. The number of anilines is 1. The van der Waals surface area contributed by atoms with Crippen LogP contribution in [-0.2, 0) is 9.59 Å². The predicted molar refractivity (Wildman–Crippen MR) is 93.2 cm³/mol. The van der Waals surface area contributed by atoms with Crippen molar-refractivity contribution in [1.82, 2.24) is 10.2 Å². The van der Waals surface area contributed by atoms with Crippen LogP contribution in [0.15, 0.2) is 30.0 Å². The Kier molecular flexibility index (Phi) is 4.59. The Morgan fingerprint density at radius 3 is 2.40 bits per heavy atom. The Bertz CT molecular complexity index is 764. The number of hydrogen-bond acceptors (Lipinski definition) is 4. The van der Waals surface area contributed by atoms with Gasteiger partial charge in [0.25, 0.3) is 11.8 Å². The van der Waals surface area contributed by atoms with Gasteiger partial charge in [-0.15, -0.1) is 0 Å². The van der Waals surface area contributed by atoms with Crippen molar-refractivity contribution in [1.29, 1.82) is 0 Å². The number of rotatable bonds is 2. The van der Waals surface area contributed by atoms with E-state index in [0.29, 0.717) is 5.69 Å². The van der Waals surface area contributed by atoms with E-state index >= 15 is 0 Å². The van der Waals surface area contributed by atoms with E-state index in [2.05, 4.69) is 12.4 Å². The maximum atomic E-state index is 12.8. The Morgan fingerprint density at radius 1 is 1.08 bits per heavy atom. The first-order chi connectivity index (χ1) is 11.9. The molecule has 132 valence electrons. The smallest absolute Gasteiger partial charge is 0.335 e. The number of hydrogen-bond donors (Lipinski definition) is 2. The summed E-state index contributed by atoms with van der Waals surface area (Å²) in [5.74, 6) is -1.22. The van der Waals surface area contributed by atoms with Crippen molar-refractivity contribution in [2.24, 2.45) is 0 Å². The van der Waals surface area contributed by atoms with Crippen molar-refractivity contribution < 1.29 is 19.3 Å². The lowest BCUT2D eigenvalue weighted by atomic mass is 10.1. The minimum atomic E-state index is -0.710. The molecule has 0 spiro atoms. The fraction of sp³-hybridized carbons (Fsp3) is 0.389. The second-order valence-corrected chi connectivity index (χ2v) is 6.70. The molecule has 2 aliphatic heterocycles. The molecular weight excluding hydrogens is 320 g/mol. The van der Waals surface area contributed by atoms with E-state index in [1.54, 1.807) is 18.3 Å². The van der Waals surface area contributed by atoms with E-state index < -0.39 is 17.8 Å². The van der Waals surface area contributed by atoms with E-state index in [0.717, 1.165) is 42.2 Å². The van der Waals surface area contributed by atoms with E-state index in [9.17, 15) is 14.4 Å². The number of likely N-dealkylation sites (N-methyl/N-ethyl adjacent to an activating group) is 1. The van der Waals surface area contributed by atoms with Gasteiger partial charge in [0.15, 0.2) is 0 Å². The predicted octanol–water partition coefficient (Wildman–Crippen LogP) is -0.400. The van der Waals surface area contributed by atoms with E-state index in [-0.39, 0.29) is 5.57 Å². The van der Waals surface area contributed by atoms with Crippen LogP contribution in [0.1, 0.15) is 11.1 Å². The van der Waals surface area contributed by atoms with Crippen LogP contribution in [-0.4, -0.2) is 56.0 Å². The van der Waals surface area contributed by atoms with Gasteiger partial charge >= 0.3 is 6.03 Å². The molecule has 1 aromatic rings. The molecule has 4 amide bonds. The summed E-state index contributed by atoms with van der Waals surface area (Å²) < 4.78 is 0. The maximum Gasteiger partial charge on any atom is 0.335 e. The Morgan fingerprint density at radius 2 is 1.76 bits per heavy atom. The molecule has 0 radical (unpaired) electrons. The highest BCUT2D eigenvalue weighted by atomic mass is 16.2. The first-order valence-electron chi connectivity index (χ1n) is 8.41. The topological polar surface area (TPSA) is 74.2 Å². The largest absolute Gasteiger partial charge is 0.365 e. The summed E-state index contributed by atoms with van der Waals surface area (Å²) in [5, 5.41) is 2.27. The molecule has 7 heteroatoms. The number of barbiturate groups is 1. The van der Waals surface area contributed by atoms with Gasteiger partial charge in [0.05, 0.1) is 38.9 Å². The van der Waals surface area contributed by atoms with E-state index in [1.807, 2.05) is 24.8 Å². The summed E-state index contributed by atoms with van der Waals surface area (Å²) in [4.78, 5) is 41.6. The molecule has 0 atom stereocenters. The highest BCUT2D eigenvalue weighted by molar-refractivity contribution is 6.37. The molecule has 25 heavy (non-hydrogen) atoms. The number of nitrogens with one attached hydrogen (secondary N) is 2. The van der Waals surface area contributed by atoms with Gasteiger partial charge in [-0.05, 0) is 37.1 Å². The number of imide groups is 2. The fourth-order valence-corrected chi connectivity index (χ4v) is 2.96. The van der Waals surface area contributed by atoms with Crippen LogP contribution in [0, 0.1) is 13.8 Å². The lowest BCUT2D eigenvalue weighted by molar-refractivity contribution is -0.883. The number of quaternary nitrogens is 1. The number of piperazine rings is 1. The third kappa shape index (κ3) is 3.41. The summed E-state index contributed by atoms with van der Waals surface area (Å²) in [6.07, 6.45) is 1.59. The van der Waals surface area contributed by atoms with Gasteiger partial charge in [-0.25, -0.2) is 9.69 Å². The second-order valence-electron chi connectivity index (χ2n) is 6.70. The van der Waals surface area contributed by atoms with Crippen LogP contribution in [0.25, 0.3) is 0 Å². The van der Waals surface area contributed by atoms with Gasteiger partial charge in [-0.2, -0.15) is 0 Å². The Balaban J connectivity index is 1.90. The van der Waals surface area contributed by atoms with Crippen LogP contribution in [0.4, 0.5) is 10.5 Å². The van der Waals surface area contributed by atoms with Gasteiger partial charge in [0.2, 0.25) is 0 Å². The van der Waals surface area contributed by atoms with Crippen molar-refractivity contribution in [3.63, 3.8) is 0 Å². The van der Waals surface area contributed by atoms with E-state index in [1.165, 1.54) is 4.90 Å². The van der Waals surface area contributed by atoms with Crippen LogP contribution in [0.3, 0.4) is 0 Å². The van der Waals surface area contributed by atoms with Gasteiger partial charge < -0.3 is 9.80 Å². The standard InChI is InChI=1S/C18H22N4O3/c1-12-4-5-14(10-13(12)2)22-17(24)15(16(23)19-18(22)25)11-21-8-6-20(3)7-9-21/h4-5,10-11H,6-9H2,1-3H3,(H,19,23,25)/p+1. The zero-order valence-electron chi connectivity index (χ0n) is 14.8. The number of carbonyl (C=O) groups is 3. The number of aryl methyl sites for hydroxylation is 2. The van der Waals surface area contributed by atoms with Gasteiger partial charge in [-0.3, -0.25) is 14.9 Å². The van der Waals surface area contributed by atoms with Crippen LogP contribution in [0.5, 0.6) is 0 Å². The molecule has 2 aliphatic rings. The molecular formula is C18H23N4O3+. The molecule has 2 heterocycles. The summed E-state index contributed by atoms with van der Waals surface area (Å²) in [5.41, 5.74) is 2.51. The van der Waals surface area contributed by atoms with Crippen LogP contribution < -0.4 is 15.1 Å². The molecule has 0 aromatic heterocycles. The normalized spacial score (nSPS) is 21.1. The molecule has 3 rings (SSSR count). The lowest BCUT2D eigenvalue weighted by Crippen LogP contribution is -3.11. The molecule has 2 N–H and O–H groups in total. The molecule has 7 nitrogen and oxygen atoms in total. The maximum absolute atomic E-state index is 12.8. The van der Waals surface area contributed by atoms with Crippen molar-refractivity contribution in [2.45, 2.75) is 13.8 Å². The summed E-state index contributed by atoms with van der Waals surface area (Å²) in [7, 11) is 2.11. The zero-order chi connectivity index (χ0) is 18.1. The van der Waals surface area contributed by atoms with Gasteiger partial charge in [0.1, 0.15) is 5.57 Å². The number of benzene rings is 1. The quantitative estimate of drug-likeness (QED) is 0.566. The van der Waals surface area contributed by atoms with Crippen LogP contribution >= 0.6 is 0 Å². The first kappa shape index (κ1) is 17.2. The third-order valence-corrected chi connectivity index (χ3v) is 4.81. The SMILES string of the molecule is Cc1ccc(N2C(=O)NC(=O)C(=CN3CC[NH+](C)CC3)C2=O)cc1C. The molecule has 1 aromatic carbocycles. The average molecular weight is 343 g/mol. The molecule has 0 unspecified atom stereocenters. The fourth-order valence-electron chi connectivity index (χ4n) is 2.96. The number of nitrogens with zero attached hydrogens (tertiary/aromatic N) is 2. The van der Waals surface area contributed by atoms with E-state index in [4.69, 9.17) is 0 Å². The minimum absolute atomic E-state index is 0.00242. The number of urea groups is 1. The molecule has 0 bridgehead atoms. The minimum Gasteiger partial charge on any atom is -0.365 e. The molecule has 0 saturated carbocycles. The summed E-state index contributed by atoms with van der Waals surface area (Å²) in [6.45, 7) is 7.31. The first-order valence-corrected chi connectivity index (χ1v) is 8.41. The lowest BCUT2D eigenvalue weighted by Gasteiger charge is -2.31. The van der Waals surface area contributed by atoms with Gasteiger partial charge in [-0.1, -0.05) is 6.07 Å². The Labute approximate surface area is 146 Å². The van der Waals surface area contributed by atoms with Crippen molar-refractivity contribution in [2.75, 3.05) is 38.1 Å². The monoisotopic (exact) mass is 343 g/mol. The summed E-state index contributed by atoms with van der Waals surface area (Å²) >= 11 is 0. The Hall–Kier alpha value is -2.67. The number of amides is 4. The highest BCUT2D eigenvalue weighted by Gasteiger charge is 2.37. The third-order valence-electron chi connectivity index (χ3n) is 4.81. The summed E-state index contributed by atoms with van der Waals surface area (Å²) in [6, 6.07) is 4.64. The average Bonchev–Trinajstić information content (AvgIpc) is 2.56. The van der Waals surface area contributed by atoms with Crippen molar-refractivity contribution >= 4 is 23.5 Å². The van der Waals surface area contributed by atoms with Crippen LogP contribution in [0.2, 0.25) is 0 Å². The molecule has 2 fully saturated rings. The second kappa shape index (κ2) is 6.68. The number of carbonyl (C=O) groups excluding carboxylic acids is 3. The highest BCUT2D eigenvalue weighted by Crippen LogP contribution is 2.23. The van der Waals surface area contributed by atoms with Gasteiger partial charge in [0, 0.05) is 6.20 Å². The molecule has 0 aliphatic carbocycles.